The predicted molar refractivity (Wildman–Crippen MR) is 78.8 cm³/mol. The number of rotatable bonds is 2. The van der Waals surface area contributed by atoms with Gasteiger partial charge in [-0.05, 0) is 39.0 Å². The van der Waals surface area contributed by atoms with Crippen LogP contribution in [0.2, 0.25) is 0 Å². The van der Waals surface area contributed by atoms with Crippen LogP contribution in [0.1, 0.15) is 71.1 Å². The first kappa shape index (κ1) is 14.8. The number of likely N-dealkylation sites (tertiary alicyclic amines) is 1. The van der Waals surface area contributed by atoms with Gasteiger partial charge in [0.15, 0.2) is 0 Å². The van der Waals surface area contributed by atoms with Crippen LogP contribution < -0.4 is 5.73 Å². The Hall–Kier alpha value is -0.570. The van der Waals surface area contributed by atoms with Crippen LogP contribution in [0.4, 0.5) is 0 Å². The lowest BCUT2D eigenvalue weighted by Gasteiger charge is -2.42. The van der Waals surface area contributed by atoms with E-state index in [0.29, 0.717) is 24.5 Å². The summed E-state index contributed by atoms with van der Waals surface area (Å²) in [6.07, 6.45) is 12.1. The van der Waals surface area contributed by atoms with Gasteiger partial charge in [0.2, 0.25) is 5.91 Å². The van der Waals surface area contributed by atoms with Crippen LogP contribution in [-0.4, -0.2) is 29.4 Å². The number of nitrogens with two attached hydrogens (primary N) is 1. The Morgan fingerprint density at radius 2 is 1.63 bits per heavy atom. The molecule has 110 valence electrons. The SMILES string of the molecule is CC1CCCC(CN)N1C(=O)C1CCCCCCC1. The van der Waals surface area contributed by atoms with Gasteiger partial charge in [-0.15, -0.1) is 0 Å². The summed E-state index contributed by atoms with van der Waals surface area (Å²) in [7, 11) is 0. The second-order valence-corrected chi connectivity index (χ2v) is 6.46. The molecule has 0 spiro atoms. The highest BCUT2D eigenvalue weighted by atomic mass is 16.2. The average molecular weight is 266 g/mol. The van der Waals surface area contributed by atoms with E-state index in [9.17, 15) is 4.79 Å². The van der Waals surface area contributed by atoms with Crippen LogP contribution in [0.25, 0.3) is 0 Å². The van der Waals surface area contributed by atoms with Gasteiger partial charge in [0.05, 0.1) is 0 Å². The molecule has 2 N–H and O–H groups in total. The standard InChI is InChI=1S/C16H30N2O/c1-13-8-7-11-15(12-17)18(13)16(19)14-9-5-3-2-4-6-10-14/h13-15H,2-12,17H2,1H3. The summed E-state index contributed by atoms with van der Waals surface area (Å²) in [5, 5.41) is 0. The molecule has 1 amide bonds. The maximum absolute atomic E-state index is 12.9. The third-order valence-electron chi connectivity index (χ3n) is 5.01. The van der Waals surface area contributed by atoms with Crippen molar-refractivity contribution < 1.29 is 4.79 Å². The third kappa shape index (κ3) is 3.71. The van der Waals surface area contributed by atoms with Gasteiger partial charge >= 0.3 is 0 Å². The van der Waals surface area contributed by atoms with Crippen molar-refractivity contribution >= 4 is 5.91 Å². The Kier molecular flexibility index (Phi) is 5.68. The monoisotopic (exact) mass is 266 g/mol. The fourth-order valence-corrected chi connectivity index (χ4v) is 3.83. The van der Waals surface area contributed by atoms with E-state index in [1.54, 1.807) is 0 Å². The summed E-state index contributed by atoms with van der Waals surface area (Å²) < 4.78 is 0. The second-order valence-electron chi connectivity index (χ2n) is 6.46. The molecule has 2 aliphatic rings. The molecular weight excluding hydrogens is 236 g/mol. The minimum Gasteiger partial charge on any atom is -0.336 e. The maximum Gasteiger partial charge on any atom is 0.226 e. The first-order valence-electron chi connectivity index (χ1n) is 8.26. The highest BCUT2D eigenvalue weighted by molar-refractivity contribution is 5.79. The molecule has 0 aromatic carbocycles. The molecule has 3 nitrogen and oxygen atoms in total. The van der Waals surface area contributed by atoms with E-state index in [4.69, 9.17) is 5.73 Å². The van der Waals surface area contributed by atoms with Gasteiger partial charge in [-0.3, -0.25) is 4.79 Å². The zero-order valence-corrected chi connectivity index (χ0v) is 12.4. The lowest BCUT2D eigenvalue weighted by Crippen LogP contribution is -2.53. The highest BCUT2D eigenvalue weighted by Crippen LogP contribution is 2.29. The van der Waals surface area contributed by atoms with Crippen molar-refractivity contribution in [2.24, 2.45) is 11.7 Å². The van der Waals surface area contributed by atoms with Crippen LogP contribution in [0.3, 0.4) is 0 Å². The van der Waals surface area contributed by atoms with E-state index in [-0.39, 0.29) is 5.92 Å². The molecule has 0 radical (unpaired) electrons. The number of carbonyl (C=O) groups is 1. The smallest absolute Gasteiger partial charge is 0.226 e. The first-order chi connectivity index (χ1) is 9.24. The lowest BCUT2D eigenvalue weighted by molar-refractivity contribution is -0.142. The molecule has 0 aromatic rings. The van der Waals surface area contributed by atoms with Gasteiger partial charge in [0.1, 0.15) is 0 Å². The van der Waals surface area contributed by atoms with Gasteiger partial charge in [-0.25, -0.2) is 0 Å². The summed E-state index contributed by atoms with van der Waals surface area (Å²) >= 11 is 0. The fourth-order valence-electron chi connectivity index (χ4n) is 3.83. The number of piperidine rings is 1. The highest BCUT2D eigenvalue weighted by Gasteiger charge is 2.34. The Morgan fingerprint density at radius 3 is 2.26 bits per heavy atom. The number of nitrogens with zero attached hydrogens (tertiary/aromatic N) is 1. The summed E-state index contributed by atoms with van der Waals surface area (Å²) in [5.41, 5.74) is 5.89. The number of hydrogen-bond donors (Lipinski definition) is 1. The molecule has 1 saturated carbocycles. The molecule has 2 unspecified atom stereocenters. The minimum atomic E-state index is 0.273. The second kappa shape index (κ2) is 7.28. The van der Waals surface area contributed by atoms with Crippen molar-refractivity contribution in [3.63, 3.8) is 0 Å². The molecule has 0 aromatic heterocycles. The van der Waals surface area contributed by atoms with Crippen molar-refractivity contribution in [2.45, 2.75) is 83.2 Å². The predicted octanol–water partition coefficient (Wildman–Crippen LogP) is 3.08. The Bertz CT molecular complexity index is 284. The number of amides is 1. The van der Waals surface area contributed by atoms with Crippen LogP contribution in [0, 0.1) is 5.92 Å². The molecule has 2 rings (SSSR count). The van der Waals surface area contributed by atoms with E-state index >= 15 is 0 Å². The maximum atomic E-state index is 12.9. The van der Waals surface area contributed by atoms with Crippen molar-refractivity contribution in [2.75, 3.05) is 6.54 Å². The third-order valence-corrected chi connectivity index (χ3v) is 5.01. The van der Waals surface area contributed by atoms with E-state index in [0.717, 1.165) is 25.7 Å². The van der Waals surface area contributed by atoms with Gasteiger partial charge in [-0.2, -0.15) is 0 Å². The van der Waals surface area contributed by atoms with Crippen molar-refractivity contribution in [1.82, 2.24) is 4.90 Å². The number of carbonyl (C=O) groups excluding carboxylic acids is 1. The Labute approximate surface area is 117 Å². The minimum absolute atomic E-state index is 0.273. The van der Waals surface area contributed by atoms with Crippen LogP contribution in [-0.2, 0) is 4.79 Å². The first-order valence-corrected chi connectivity index (χ1v) is 8.26. The van der Waals surface area contributed by atoms with Crippen LogP contribution in [0.5, 0.6) is 0 Å². The van der Waals surface area contributed by atoms with Crippen LogP contribution in [0.15, 0.2) is 0 Å². The zero-order valence-electron chi connectivity index (χ0n) is 12.4. The van der Waals surface area contributed by atoms with E-state index < -0.39 is 0 Å². The molecule has 1 saturated heterocycles. The summed E-state index contributed by atoms with van der Waals surface area (Å²) in [6.45, 7) is 2.82. The molecule has 19 heavy (non-hydrogen) atoms. The van der Waals surface area contributed by atoms with E-state index in [1.807, 2.05) is 0 Å². The van der Waals surface area contributed by atoms with Crippen molar-refractivity contribution in [3.05, 3.63) is 0 Å². The molecule has 2 atom stereocenters. The average Bonchev–Trinajstić information content (AvgIpc) is 2.37. The molecule has 1 aliphatic carbocycles. The summed E-state index contributed by atoms with van der Waals surface area (Å²) in [4.78, 5) is 15.0. The molecule has 1 heterocycles. The molecule has 2 fully saturated rings. The summed E-state index contributed by atoms with van der Waals surface area (Å²) in [5.74, 6) is 0.680. The van der Waals surface area contributed by atoms with Gasteiger partial charge in [0, 0.05) is 24.5 Å². The fraction of sp³-hybridized carbons (Fsp3) is 0.938. The molecular formula is C16H30N2O. The summed E-state index contributed by atoms with van der Waals surface area (Å²) in [6, 6.07) is 0.682. The Balaban J connectivity index is 2.02. The van der Waals surface area contributed by atoms with Crippen molar-refractivity contribution in [3.8, 4) is 0 Å². The van der Waals surface area contributed by atoms with Gasteiger partial charge in [-0.1, -0.05) is 32.1 Å². The quantitative estimate of drug-likeness (QED) is 0.835. The molecule has 0 bridgehead atoms. The molecule has 3 heteroatoms. The van der Waals surface area contributed by atoms with E-state index in [1.165, 1.54) is 38.5 Å². The van der Waals surface area contributed by atoms with Crippen LogP contribution >= 0.6 is 0 Å². The zero-order chi connectivity index (χ0) is 13.7. The Morgan fingerprint density at radius 1 is 1.00 bits per heavy atom. The normalized spacial score (nSPS) is 30.7. The number of hydrogen-bond acceptors (Lipinski definition) is 2. The largest absolute Gasteiger partial charge is 0.336 e. The van der Waals surface area contributed by atoms with Crippen molar-refractivity contribution in [1.29, 1.82) is 0 Å². The van der Waals surface area contributed by atoms with E-state index in [2.05, 4.69) is 11.8 Å². The molecule has 1 aliphatic heterocycles. The van der Waals surface area contributed by atoms with Gasteiger partial charge in [0.25, 0.3) is 0 Å². The van der Waals surface area contributed by atoms with Gasteiger partial charge < -0.3 is 10.6 Å². The topological polar surface area (TPSA) is 46.3 Å². The lowest BCUT2D eigenvalue weighted by atomic mass is 9.87.